The minimum absolute atomic E-state index is 0.0467. The third-order valence-electron chi connectivity index (χ3n) is 3.98. The van der Waals surface area contributed by atoms with Crippen molar-refractivity contribution >= 4 is 23.5 Å². The average molecular weight is 367 g/mol. The molecule has 0 saturated carbocycles. The molecule has 0 saturated heterocycles. The van der Waals surface area contributed by atoms with Gasteiger partial charge in [0.1, 0.15) is 11.1 Å². The highest BCUT2D eigenvalue weighted by molar-refractivity contribution is 7.99. The van der Waals surface area contributed by atoms with Crippen LogP contribution in [-0.2, 0) is 11.3 Å². The van der Waals surface area contributed by atoms with E-state index in [4.69, 9.17) is 0 Å². The molecule has 0 unspecified atom stereocenters. The van der Waals surface area contributed by atoms with E-state index in [-0.39, 0.29) is 17.4 Å². The summed E-state index contributed by atoms with van der Waals surface area (Å²) in [6, 6.07) is 11.7. The fraction of sp³-hybridized carbons (Fsp3) is 0.300. The summed E-state index contributed by atoms with van der Waals surface area (Å²) in [5, 5.41) is 9.78. The fourth-order valence-corrected chi connectivity index (χ4v) is 3.37. The molecule has 0 radical (unpaired) electrons. The van der Waals surface area contributed by atoms with Crippen molar-refractivity contribution in [2.24, 2.45) is 0 Å². The molecule has 2 aromatic rings. The Hall–Kier alpha value is -2.65. The molecule has 0 aliphatic rings. The molecule has 6 heteroatoms. The smallest absolute Gasteiger partial charge is 0.233 e. The minimum Gasteiger partial charge on any atom is -0.341 e. The molecule has 2 rings (SSSR count). The number of rotatable bonds is 6. The first-order valence-electron chi connectivity index (χ1n) is 8.16. The second kappa shape index (κ2) is 8.63. The molecular formula is C20H21N3O2S. The average Bonchev–Trinajstić information content (AvgIpc) is 2.61. The van der Waals surface area contributed by atoms with E-state index in [1.807, 2.05) is 31.2 Å². The zero-order valence-electron chi connectivity index (χ0n) is 15.4. The number of carbonyl (C=O) groups is 2. The van der Waals surface area contributed by atoms with Crippen molar-refractivity contribution in [3.05, 3.63) is 58.3 Å². The third kappa shape index (κ3) is 4.93. The second-order valence-electron chi connectivity index (χ2n) is 6.17. The van der Waals surface area contributed by atoms with Gasteiger partial charge in [-0.3, -0.25) is 9.59 Å². The third-order valence-corrected chi connectivity index (χ3v) is 4.95. The molecule has 1 aromatic carbocycles. The number of nitrogens with zero attached hydrogens (tertiary/aromatic N) is 3. The number of Topliss-reactive ketones (excluding diaryl/α,β-unsaturated/α-hetero) is 1. The van der Waals surface area contributed by atoms with Crippen molar-refractivity contribution < 1.29 is 9.59 Å². The SMILES string of the molecule is CC(=O)c1cc(C#N)c(SCC(=O)N(C)Cc2ccc(C)cc2)nc1C. The van der Waals surface area contributed by atoms with Crippen molar-refractivity contribution in [1.82, 2.24) is 9.88 Å². The van der Waals surface area contributed by atoms with Crippen molar-refractivity contribution in [1.29, 1.82) is 5.26 Å². The predicted molar refractivity (Wildman–Crippen MR) is 102 cm³/mol. The van der Waals surface area contributed by atoms with Gasteiger partial charge in [-0.15, -0.1) is 0 Å². The Balaban J connectivity index is 2.04. The molecule has 1 amide bonds. The highest BCUT2D eigenvalue weighted by atomic mass is 32.2. The normalized spacial score (nSPS) is 10.3. The lowest BCUT2D eigenvalue weighted by Gasteiger charge is -2.17. The van der Waals surface area contributed by atoms with Gasteiger partial charge in [0.15, 0.2) is 5.78 Å². The van der Waals surface area contributed by atoms with Crippen LogP contribution < -0.4 is 0 Å². The molecule has 5 nitrogen and oxygen atoms in total. The van der Waals surface area contributed by atoms with Crippen LogP contribution in [0.5, 0.6) is 0 Å². The molecule has 0 fully saturated rings. The first-order chi connectivity index (χ1) is 12.3. The Labute approximate surface area is 158 Å². The van der Waals surface area contributed by atoms with Crippen LogP contribution in [0.15, 0.2) is 35.4 Å². The van der Waals surface area contributed by atoms with E-state index in [1.54, 1.807) is 24.9 Å². The van der Waals surface area contributed by atoms with Crippen LogP contribution in [-0.4, -0.2) is 34.4 Å². The molecule has 1 heterocycles. The van der Waals surface area contributed by atoms with Gasteiger partial charge in [-0.2, -0.15) is 5.26 Å². The van der Waals surface area contributed by atoms with Gasteiger partial charge >= 0.3 is 0 Å². The van der Waals surface area contributed by atoms with E-state index in [9.17, 15) is 14.9 Å². The Morgan fingerprint density at radius 1 is 1.23 bits per heavy atom. The van der Waals surface area contributed by atoms with Crippen molar-refractivity contribution in [3.8, 4) is 6.07 Å². The zero-order valence-corrected chi connectivity index (χ0v) is 16.2. The largest absolute Gasteiger partial charge is 0.341 e. The van der Waals surface area contributed by atoms with Gasteiger partial charge in [-0.05, 0) is 32.4 Å². The van der Waals surface area contributed by atoms with Crippen LogP contribution >= 0.6 is 11.8 Å². The lowest BCUT2D eigenvalue weighted by molar-refractivity contribution is -0.127. The highest BCUT2D eigenvalue weighted by Gasteiger charge is 2.15. The lowest BCUT2D eigenvalue weighted by Crippen LogP contribution is -2.27. The number of aryl methyl sites for hydroxylation is 2. The van der Waals surface area contributed by atoms with Gasteiger partial charge in [0.25, 0.3) is 0 Å². The molecule has 0 spiro atoms. The molecule has 0 aliphatic carbocycles. The number of hydrogen-bond donors (Lipinski definition) is 0. The Morgan fingerprint density at radius 2 is 1.88 bits per heavy atom. The summed E-state index contributed by atoms with van der Waals surface area (Å²) in [6.07, 6.45) is 0. The number of amides is 1. The van der Waals surface area contributed by atoms with Crippen LogP contribution in [0.4, 0.5) is 0 Å². The summed E-state index contributed by atoms with van der Waals surface area (Å²) in [7, 11) is 1.76. The molecule has 0 N–H and O–H groups in total. The van der Waals surface area contributed by atoms with E-state index < -0.39 is 0 Å². The summed E-state index contributed by atoms with van der Waals surface area (Å²) in [6.45, 7) is 5.73. The molecule has 0 atom stereocenters. The summed E-state index contributed by atoms with van der Waals surface area (Å²) < 4.78 is 0. The number of pyridine rings is 1. The maximum atomic E-state index is 12.4. The topological polar surface area (TPSA) is 74.1 Å². The van der Waals surface area contributed by atoms with Crippen LogP contribution in [0.1, 0.15) is 39.7 Å². The van der Waals surface area contributed by atoms with Crippen molar-refractivity contribution in [2.75, 3.05) is 12.8 Å². The Morgan fingerprint density at radius 3 is 2.46 bits per heavy atom. The molecule has 0 bridgehead atoms. The molecular weight excluding hydrogens is 346 g/mol. The summed E-state index contributed by atoms with van der Waals surface area (Å²) in [5.41, 5.74) is 3.57. The number of carbonyl (C=O) groups excluding carboxylic acids is 2. The monoisotopic (exact) mass is 367 g/mol. The first kappa shape index (κ1) is 19.7. The van der Waals surface area contributed by atoms with E-state index in [2.05, 4.69) is 11.1 Å². The number of ketones is 1. The van der Waals surface area contributed by atoms with Gasteiger partial charge in [0.2, 0.25) is 5.91 Å². The van der Waals surface area contributed by atoms with E-state index >= 15 is 0 Å². The van der Waals surface area contributed by atoms with E-state index in [0.29, 0.717) is 28.4 Å². The van der Waals surface area contributed by atoms with Crippen LogP contribution in [0, 0.1) is 25.2 Å². The second-order valence-corrected chi connectivity index (χ2v) is 7.13. The summed E-state index contributed by atoms with van der Waals surface area (Å²) >= 11 is 1.22. The number of thioether (sulfide) groups is 1. The van der Waals surface area contributed by atoms with Crippen LogP contribution in [0.2, 0.25) is 0 Å². The summed E-state index contributed by atoms with van der Waals surface area (Å²) in [4.78, 5) is 30.0. The van der Waals surface area contributed by atoms with Crippen molar-refractivity contribution in [3.63, 3.8) is 0 Å². The van der Waals surface area contributed by atoms with Gasteiger partial charge in [0, 0.05) is 24.8 Å². The first-order valence-corrected chi connectivity index (χ1v) is 9.15. The van der Waals surface area contributed by atoms with Crippen LogP contribution in [0.25, 0.3) is 0 Å². The number of aromatic nitrogens is 1. The Bertz CT molecular complexity index is 870. The van der Waals surface area contributed by atoms with Crippen molar-refractivity contribution in [2.45, 2.75) is 32.3 Å². The van der Waals surface area contributed by atoms with Gasteiger partial charge in [0.05, 0.1) is 11.3 Å². The van der Waals surface area contributed by atoms with E-state index in [0.717, 1.165) is 5.56 Å². The van der Waals surface area contributed by atoms with Gasteiger partial charge in [-0.1, -0.05) is 41.6 Å². The number of benzene rings is 1. The standard InChI is InChI=1S/C20H21N3O2S/c1-13-5-7-16(8-6-13)11-23(4)19(25)12-26-20-17(10-21)9-18(15(3)24)14(2)22-20/h5-9H,11-12H2,1-4H3. The quantitative estimate of drug-likeness (QED) is 0.577. The summed E-state index contributed by atoms with van der Waals surface area (Å²) in [5.74, 6) is 0.00891. The van der Waals surface area contributed by atoms with Gasteiger partial charge in [-0.25, -0.2) is 4.98 Å². The maximum absolute atomic E-state index is 12.4. The number of hydrogen-bond acceptors (Lipinski definition) is 5. The highest BCUT2D eigenvalue weighted by Crippen LogP contribution is 2.23. The molecule has 134 valence electrons. The zero-order chi connectivity index (χ0) is 19.3. The van der Waals surface area contributed by atoms with Crippen LogP contribution in [0.3, 0.4) is 0 Å². The fourth-order valence-electron chi connectivity index (χ4n) is 2.43. The Kier molecular flexibility index (Phi) is 6.53. The number of nitriles is 1. The minimum atomic E-state index is -0.128. The van der Waals surface area contributed by atoms with E-state index in [1.165, 1.54) is 24.2 Å². The molecule has 26 heavy (non-hydrogen) atoms. The molecule has 1 aromatic heterocycles. The molecule has 0 aliphatic heterocycles. The van der Waals surface area contributed by atoms with Gasteiger partial charge < -0.3 is 4.90 Å². The maximum Gasteiger partial charge on any atom is 0.233 e. The predicted octanol–water partition coefficient (Wildman–Crippen LogP) is 3.52. The lowest BCUT2D eigenvalue weighted by atomic mass is 10.1.